The Morgan fingerprint density at radius 2 is 2.24 bits per heavy atom. The van der Waals surface area contributed by atoms with Gasteiger partial charge in [-0.1, -0.05) is 12.1 Å². The third-order valence-electron chi connectivity index (χ3n) is 4.51. The van der Waals surface area contributed by atoms with Gasteiger partial charge >= 0.3 is 0 Å². The number of nitrogens with one attached hydrogen (secondary N) is 2. The van der Waals surface area contributed by atoms with Crippen molar-refractivity contribution in [3.8, 4) is 11.4 Å². The number of H-pyrrole nitrogens is 1. The van der Waals surface area contributed by atoms with Gasteiger partial charge in [0.1, 0.15) is 5.82 Å². The number of benzene rings is 1. The molecule has 2 aliphatic heterocycles. The molecule has 2 atom stereocenters. The van der Waals surface area contributed by atoms with E-state index >= 15 is 0 Å². The van der Waals surface area contributed by atoms with Gasteiger partial charge in [0.2, 0.25) is 5.95 Å². The second-order valence-electron chi connectivity index (χ2n) is 5.82. The van der Waals surface area contributed by atoms with Crippen LogP contribution >= 0.6 is 0 Å². The SMILES string of the molecule is Fc1cccc(-c2nc(N3CCCC4CNCC43)n[nH]2)c1. The summed E-state index contributed by atoms with van der Waals surface area (Å²) < 4.78 is 13.3. The topological polar surface area (TPSA) is 56.8 Å². The first-order valence-electron chi connectivity index (χ1n) is 7.47. The normalized spacial score (nSPS) is 25.1. The van der Waals surface area contributed by atoms with Crippen LogP contribution in [-0.4, -0.2) is 40.9 Å². The molecule has 0 spiro atoms. The van der Waals surface area contributed by atoms with E-state index < -0.39 is 0 Å². The third-order valence-corrected chi connectivity index (χ3v) is 4.51. The fourth-order valence-electron chi connectivity index (χ4n) is 3.46. The van der Waals surface area contributed by atoms with Gasteiger partial charge in [-0.3, -0.25) is 5.10 Å². The number of piperidine rings is 1. The summed E-state index contributed by atoms with van der Waals surface area (Å²) in [7, 11) is 0. The molecular formula is C15H18FN5. The smallest absolute Gasteiger partial charge is 0.245 e. The largest absolute Gasteiger partial charge is 0.335 e. The number of fused-ring (bicyclic) bond motifs is 1. The van der Waals surface area contributed by atoms with E-state index in [1.807, 2.05) is 6.07 Å². The highest BCUT2D eigenvalue weighted by atomic mass is 19.1. The van der Waals surface area contributed by atoms with Crippen LogP contribution in [0.2, 0.25) is 0 Å². The Hall–Kier alpha value is -1.95. The molecule has 0 amide bonds. The zero-order valence-electron chi connectivity index (χ0n) is 11.7. The number of rotatable bonds is 2. The summed E-state index contributed by atoms with van der Waals surface area (Å²) in [6, 6.07) is 6.91. The van der Waals surface area contributed by atoms with Gasteiger partial charge in [-0.25, -0.2) is 4.39 Å². The molecule has 2 aliphatic rings. The highest BCUT2D eigenvalue weighted by Gasteiger charge is 2.36. The number of nitrogens with zero attached hydrogens (tertiary/aromatic N) is 3. The molecule has 6 heteroatoms. The van der Waals surface area contributed by atoms with Crippen molar-refractivity contribution in [3.05, 3.63) is 30.1 Å². The molecule has 5 nitrogen and oxygen atoms in total. The summed E-state index contributed by atoms with van der Waals surface area (Å²) in [6.45, 7) is 3.07. The summed E-state index contributed by atoms with van der Waals surface area (Å²) in [5, 5.41) is 10.7. The number of aromatic amines is 1. The number of hydrogen-bond acceptors (Lipinski definition) is 4. The Kier molecular flexibility index (Phi) is 3.11. The average Bonchev–Trinajstić information content (AvgIpc) is 3.16. The van der Waals surface area contributed by atoms with Crippen molar-refractivity contribution < 1.29 is 4.39 Å². The van der Waals surface area contributed by atoms with Crippen LogP contribution in [0.1, 0.15) is 12.8 Å². The van der Waals surface area contributed by atoms with E-state index in [2.05, 4.69) is 25.4 Å². The van der Waals surface area contributed by atoms with Gasteiger partial charge in [-0.05, 0) is 30.9 Å². The van der Waals surface area contributed by atoms with Crippen molar-refractivity contribution in [2.24, 2.45) is 5.92 Å². The van der Waals surface area contributed by atoms with Crippen LogP contribution in [-0.2, 0) is 0 Å². The van der Waals surface area contributed by atoms with E-state index in [-0.39, 0.29) is 5.82 Å². The summed E-state index contributed by atoms with van der Waals surface area (Å²) >= 11 is 0. The molecule has 0 radical (unpaired) electrons. The van der Waals surface area contributed by atoms with Gasteiger partial charge in [0.25, 0.3) is 0 Å². The lowest BCUT2D eigenvalue weighted by Crippen LogP contribution is -2.45. The van der Waals surface area contributed by atoms with Crippen molar-refractivity contribution >= 4 is 5.95 Å². The Morgan fingerprint density at radius 3 is 3.14 bits per heavy atom. The molecule has 2 aromatic rings. The quantitative estimate of drug-likeness (QED) is 0.884. The van der Waals surface area contributed by atoms with Crippen LogP contribution in [0.25, 0.3) is 11.4 Å². The molecule has 110 valence electrons. The van der Waals surface area contributed by atoms with Crippen LogP contribution < -0.4 is 10.2 Å². The molecule has 0 aliphatic carbocycles. The van der Waals surface area contributed by atoms with Gasteiger partial charge in [0.15, 0.2) is 5.82 Å². The van der Waals surface area contributed by atoms with Crippen molar-refractivity contribution in [1.29, 1.82) is 0 Å². The standard InChI is InChI=1S/C15H18FN5/c16-12-5-1-3-10(7-12)14-18-15(20-19-14)21-6-2-4-11-8-17-9-13(11)21/h1,3,5,7,11,13,17H,2,4,6,8-9H2,(H,18,19,20). The van der Waals surface area contributed by atoms with Gasteiger partial charge in [-0.2, -0.15) is 4.98 Å². The lowest BCUT2D eigenvalue weighted by molar-refractivity contribution is 0.381. The zero-order valence-corrected chi connectivity index (χ0v) is 11.7. The summed E-state index contributed by atoms with van der Waals surface area (Å²) in [6.07, 6.45) is 2.45. The lowest BCUT2D eigenvalue weighted by Gasteiger charge is -2.36. The predicted molar refractivity (Wildman–Crippen MR) is 78.5 cm³/mol. The molecule has 2 saturated heterocycles. The summed E-state index contributed by atoms with van der Waals surface area (Å²) in [4.78, 5) is 6.86. The van der Waals surface area contributed by atoms with E-state index in [1.165, 1.54) is 25.0 Å². The van der Waals surface area contributed by atoms with Crippen molar-refractivity contribution in [1.82, 2.24) is 20.5 Å². The minimum Gasteiger partial charge on any atom is -0.335 e. The molecule has 2 fully saturated rings. The number of hydrogen-bond donors (Lipinski definition) is 2. The first kappa shape index (κ1) is 12.8. The van der Waals surface area contributed by atoms with Gasteiger partial charge < -0.3 is 10.2 Å². The Balaban J connectivity index is 1.62. The first-order chi connectivity index (χ1) is 10.3. The molecule has 1 aromatic heterocycles. The van der Waals surface area contributed by atoms with Gasteiger partial charge in [0, 0.05) is 31.2 Å². The lowest BCUT2D eigenvalue weighted by atomic mass is 9.92. The second-order valence-corrected chi connectivity index (χ2v) is 5.82. The number of aromatic nitrogens is 3. The highest BCUT2D eigenvalue weighted by Crippen LogP contribution is 2.29. The van der Waals surface area contributed by atoms with Crippen LogP contribution in [0.5, 0.6) is 0 Å². The van der Waals surface area contributed by atoms with E-state index in [1.54, 1.807) is 6.07 Å². The maximum atomic E-state index is 13.3. The molecule has 2 unspecified atom stereocenters. The molecular weight excluding hydrogens is 269 g/mol. The third kappa shape index (κ3) is 2.29. The first-order valence-corrected chi connectivity index (χ1v) is 7.47. The number of anilines is 1. The Bertz CT molecular complexity index is 640. The maximum absolute atomic E-state index is 13.3. The molecule has 2 N–H and O–H groups in total. The van der Waals surface area contributed by atoms with E-state index in [4.69, 9.17) is 0 Å². The van der Waals surface area contributed by atoms with Crippen molar-refractivity contribution in [2.45, 2.75) is 18.9 Å². The molecule has 0 saturated carbocycles. The highest BCUT2D eigenvalue weighted by molar-refractivity contribution is 5.56. The second kappa shape index (κ2) is 5.11. The van der Waals surface area contributed by atoms with E-state index in [0.29, 0.717) is 17.8 Å². The zero-order chi connectivity index (χ0) is 14.2. The molecule has 3 heterocycles. The van der Waals surface area contributed by atoms with Crippen LogP contribution in [0.15, 0.2) is 24.3 Å². The van der Waals surface area contributed by atoms with Crippen LogP contribution in [0.3, 0.4) is 0 Å². The summed E-state index contributed by atoms with van der Waals surface area (Å²) in [5.74, 6) is 1.78. The number of halogens is 1. The molecule has 0 bridgehead atoms. The van der Waals surface area contributed by atoms with Gasteiger partial charge in [-0.15, -0.1) is 5.10 Å². The average molecular weight is 287 g/mol. The minimum absolute atomic E-state index is 0.261. The monoisotopic (exact) mass is 287 g/mol. The van der Waals surface area contributed by atoms with E-state index in [9.17, 15) is 4.39 Å². The maximum Gasteiger partial charge on any atom is 0.245 e. The van der Waals surface area contributed by atoms with E-state index in [0.717, 1.165) is 31.1 Å². The van der Waals surface area contributed by atoms with Gasteiger partial charge in [0.05, 0.1) is 0 Å². The van der Waals surface area contributed by atoms with Crippen molar-refractivity contribution in [2.75, 3.05) is 24.5 Å². The van der Waals surface area contributed by atoms with Crippen LogP contribution in [0, 0.1) is 11.7 Å². The fraction of sp³-hybridized carbons (Fsp3) is 0.467. The van der Waals surface area contributed by atoms with Crippen LogP contribution in [0.4, 0.5) is 10.3 Å². The minimum atomic E-state index is -0.261. The van der Waals surface area contributed by atoms with Crippen molar-refractivity contribution in [3.63, 3.8) is 0 Å². The summed E-state index contributed by atoms with van der Waals surface area (Å²) in [5.41, 5.74) is 0.729. The Labute approximate surface area is 122 Å². The fourth-order valence-corrected chi connectivity index (χ4v) is 3.46. The molecule has 1 aromatic carbocycles. The molecule has 4 rings (SSSR count). The predicted octanol–water partition coefficient (Wildman–Crippen LogP) is 1.80. The molecule has 21 heavy (non-hydrogen) atoms. The Morgan fingerprint density at radius 1 is 1.29 bits per heavy atom.